The average molecular weight is 349 g/mol. The van der Waals surface area contributed by atoms with Gasteiger partial charge in [-0.2, -0.15) is 0 Å². The molecule has 0 aliphatic carbocycles. The number of rotatable bonds is 6. The second-order valence-corrected chi connectivity index (χ2v) is 6.67. The first kappa shape index (κ1) is 18.1. The summed E-state index contributed by atoms with van der Waals surface area (Å²) in [7, 11) is 1.54. The number of likely N-dealkylation sites (N-methyl/N-ethyl adjacent to an activating group) is 1. The van der Waals surface area contributed by atoms with Gasteiger partial charge in [0.05, 0.1) is 0 Å². The van der Waals surface area contributed by atoms with Crippen LogP contribution in [0, 0.1) is 11.7 Å². The van der Waals surface area contributed by atoms with Crippen LogP contribution in [0.5, 0.6) is 0 Å². The molecule has 0 fully saturated rings. The molecule has 1 unspecified atom stereocenters. The second kappa shape index (κ2) is 8.01. The third-order valence-electron chi connectivity index (χ3n) is 3.40. The number of nitrogens with one attached hydrogen (secondary N) is 2. The normalized spacial score (nSPS) is 12.0. The Morgan fingerprint density at radius 2 is 1.92 bits per heavy atom. The monoisotopic (exact) mass is 349 g/mol. The minimum Gasteiger partial charge on any atom is -0.357 e. The number of halogens is 1. The number of hydrogen-bond acceptors (Lipinski definition) is 4. The third-order valence-corrected chi connectivity index (χ3v) is 4.29. The predicted molar refractivity (Wildman–Crippen MR) is 92.3 cm³/mol. The summed E-state index contributed by atoms with van der Waals surface area (Å²) in [5.74, 6) is -0.687. The Labute approximate surface area is 144 Å². The molecule has 24 heavy (non-hydrogen) atoms. The van der Waals surface area contributed by atoms with Gasteiger partial charge in [-0.3, -0.25) is 9.59 Å². The molecule has 0 aliphatic rings. The summed E-state index contributed by atoms with van der Waals surface area (Å²) in [4.78, 5) is 28.5. The fourth-order valence-corrected chi connectivity index (χ4v) is 3.02. The van der Waals surface area contributed by atoms with Gasteiger partial charge in [0.25, 0.3) is 5.91 Å². The number of nitrogens with zero attached hydrogens (tertiary/aromatic N) is 1. The van der Waals surface area contributed by atoms with Crippen LogP contribution in [0.3, 0.4) is 0 Å². The highest BCUT2D eigenvalue weighted by Crippen LogP contribution is 2.24. The molecular weight excluding hydrogens is 329 g/mol. The minimum atomic E-state index is -0.599. The van der Waals surface area contributed by atoms with Gasteiger partial charge in [-0.15, -0.1) is 11.3 Å². The van der Waals surface area contributed by atoms with Gasteiger partial charge in [0.2, 0.25) is 5.91 Å². The molecule has 7 heteroatoms. The van der Waals surface area contributed by atoms with Gasteiger partial charge in [0.1, 0.15) is 22.6 Å². The molecule has 1 aromatic heterocycles. The van der Waals surface area contributed by atoms with Crippen molar-refractivity contribution in [2.24, 2.45) is 5.92 Å². The topological polar surface area (TPSA) is 71.1 Å². The van der Waals surface area contributed by atoms with Gasteiger partial charge in [-0.1, -0.05) is 13.8 Å². The van der Waals surface area contributed by atoms with E-state index in [1.807, 2.05) is 13.8 Å². The highest BCUT2D eigenvalue weighted by molar-refractivity contribution is 7.13. The van der Waals surface area contributed by atoms with Gasteiger partial charge in [-0.25, -0.2) is 9.37 Å². The summed E-state index contributed by atoms with van der Waals surface area (Å²) in [6.45, 7) is 3.97. The maximum absolute atomic E-state index is 13.0. The van der Waals surface area contributed by atoms with Gasteiger partial charge < -0.3 is 10.6 Å². The summed E-state index contributed by atoms with van der Waals surface area (Å²) in [5, 5.41) is 7.53. The molecule has 5 nitrogen and oxygen atoms in total. The van der Waals surface area contributed by atoms with E-state index in [0.717, 1.165) is 5.56 Å². The molecule has 0 radical (unpaired) electrons. The molecule has 2 N–H and O–H groups in total. The summed E-state index contributed by atoms with van der Waals surface area (Å²) >= 11 is 1.30. The lowest BCUT2D eigenvalue weighted by Gasteiger charge is -2.18. The molecule has 1 heterocycles. The van der Waals surface area contributed by atoms with E-state index in [1.54, 1.807) is 17.5 Å². The molecule has 0 spiro atoms. The number of benzene rings is 1. The van der Waals surface area contributed by atoms with E-state index in [9.17, 15) is 14.0 Å². The van der Waals surface area contributed by atoms with Crippen LogP contribution in [0.4, 0.5) is 4.39 Å². The van der Waals surface area contributed by atoms with Crippen LogP contribution in [0.2, 0.25) is 0 Å². The van der Waals surface area contributed by atoms with Crippen LogP contribution in [-0.4, -0.2) is 29.9 Å². The van der Waals surface area contributed by atoms with Crippen LogP contribution in [0.25, 0.3) is 10.6 Å². The predicted octanol–water partition coefficient (Wildman–Crippen LogP) is 2.84. The Hall–Kier alpha value is -2.28. The molecule has 1 aromatic carbocycles. The zero-order chi connectivity index (χ0) is 17.7. The molecule has 2 aromatic rings. The number of aromatic nitrogens is 1. The first-order valence-corrected chi connectivity index (χ1v) is 8.52. The van der Waals surface area contributed by atoms with Crippen LogP contribution in [0.1, 0.15) is 30.8 Å². The van der Waals surface area contributed by atoms with Crippen LogP contribution in [0.15, 0.2) is 29.6 Å². The van der Waals surface area contributed by atoms with Gasteiger partial charge >= 0.3 is 0 Å². The molecule has 2 amide bonds. The van der Waals surface area contributed by atoms with Crippen molar-refractivity contribution in [3.8, 4) is 10.6 Å². The Bertz CT molecular complexity index is 713. The van der Waals surface area contributed by atoms with E-state index in [1.165, 1.54) is 30.5 Å². The largest absolute Gasteiger partial charge is 0.357 e. The third kappa shape index (κ3) is 4.61. The Kier molecular flexibility index (Phi) is 6.03. The van der Waals surface area contributed by atoms with Gasteiger partial charge in [0, 0.05) is 18.0 Å². The van der Waals surface area contributed by atoms with Crippen molar-refractivity contribution in [2.75, 3.05) is 7.05 Å². The lowest BCUT2D eigenvalue weighted by molar-refractivity contribution is -0.122. The smallest absolute Gasteiger partial charge is 0.271 e. The lowest BCUT2D eigenvalue weighted by Crippen LogP contribution is -2.46. The molecular formula is C17H20FN3O2S. The lowest BCUT2D eigenvalue weighted by atomic mass is 10.0. The van der Waals surface area contributed by atoms with Crippen molar-refractivity contribution >= 4 is 23.2 Å². The average Bonchev–Trinajstić information content (AvgIpc) is 3.03. The van der Waals surface area contributed by atoms with Crippen molar-refractivity contribution in [1.82, 2.24) is 15.6 Å². The number of hydrogen-bond donors (Lipinski definition) is 2. The summed E-state index contributed by atoms with van der Waals surface area (Å²) < 4.78 is 13.0. The number of thiazole rings is 1. The highest BCUT2D eigenvalue weighted by atomic mass is 32.1. The molecule has 0 bridgehead atoms. The van der Waals surface area contributed by atoms with E-state index in [0.29, 0.717) is 11.4 Å². The van der Waals surface area contributed by atoms with Crippen molar-refractivity contribution < 1.29 is 14.0 Å². The Morgan fingerprint density at radius 3 is 2.50 bits per heavy atom. The SMILES string of the molecule is CNC(=O)C(CC(C)C)NC(=O)c1csc(-c2ccc(F)cc2)n1. The van der Waals surface area contributed by atoms with E-state index in [-0.39, 0.29) is 23.3 Å². The second-order valence-electron chi connectivity index (χ2n) is 5.81. The quantitative estimate of drug-likeness (QED) is 0.842. The summed E-state index contributed by atoms with van der Waals surface area (Å²) in [6, 6.07) is 5.32. The molecule has 1 atom stereocenters. The summed E-state index contributed by atoms with van der Waals surface area (Å²) in [5.41, 5.74) is 0.988. The van der Waals surface area contributed by atoms with E-state index >= 15 is 0 Å². The van der Waals surface area contributed by atoms with Crippen LogP contribution >= 0.6 is 11.3 Å². The fraction of sp³-hybridized carbons (Fsp3) is 0.353. The zero-order valence-electron chi connectivity index (χ0n) is 13.8. The molecule has 0 saturated heterocycles. The highest BCUT2D eigenvalue weighted by Gasteiger charge is 2.22. The Morgan fingerprint density at radius 1 is 1.25 bits per heavy atom. The van der Waals surface area contributed by atoms with Crippen molar-refractivity contribution in [3.63, 3.8) is 0 Å². The number of carbonyl (C=O) groups excluding carboxylic acids is 2. The first-order valence-electron chi connectivity index (χ1n) is 7.64. The standard InChI is InChI=1S/C17H20FN3O2S/c1-10(2)8-13(15(22)19-3)20-16(23)14-9-24-17(21-14)11-4-6-12(18)7-5-11/h4-7,9-10,13H,8H2,1-3H3,(H,19,22)(H,20,23). The first-order chi connectivity index (χ1) is 11.4. The molecule has 0 saturated carbocycles. The van der Waals surface area contributed by atoms with Crippen LogP contribution in [-0.2, 0) is 4.79 Å². The van der Waals surface area contributed by atoms with E-state index < -0.39 is 11.9 Å². The van der Waals surface area contributed by atoms with Gasteiger partial charge in [-0.05, 0) is 36.6 Å². The number of amides is 2. The minimum absolute atomic E-state index is 0.231. The fourth-order valence-electron chi connectivity index (χ4n) is 2.21. The van der Waals surface area contributed by atoms with E-state index in [2.05, 4.69) is 15.6 Å². The Balaban J connectivity index is 2.12. The number of carbonyl (C=O) groups is 2. The van der Waals surface area contributed by atoms with Crippen molar-refractivity contribution in [1.29, 1.82) is 0 Å². The van der Waals surface area contributed by atoms with Crippen LogP contribution < -0.4 is 10.6 Å². The molecule has 2 rings (SSSR count). The van der Waals surface area contributed by atoms with Crippen molar-refractivity contribution in [2.45, 2.75) is 26.3 Å². The van der Waals surface area contributed by atoms with Crippen molar-refractivity contribution in [3.05, 3.63) is 41.2 Å². The summed E-state index contributed by atoms with van der Waals surface area (Å²) in [6.07, 6.45) is 0.542. The maximum Gasteiger partial charge on any atom is 0.271 e. The maximum atomic E-state index is 13.0. The molecule has 0 aliphatic heterocycles. The zero-order valence-corrected chi connectivity index (χ0v) is 14.6. The van der Waals surface area contributed by atoms with E-state index in [4.69, 9.17) is 0 Å². The molecule has 128 valence electrons. The van der Waals surface area contributed by atoms with Gasteiger partial charge in [0.15, 0.2) is 0 Å².